The number of amides is 1. The van der Waals surface area contributed by atoms with E-state index in [-0.39, 0.29) is 23.7 Å². The van der Waals surface area contributed by atoms with Gasteiger partial charge in [-0.1, -0.05) is 20.3 Å². The molecule has 1 heterocycles. The Bertz CT molecular complexity index is 274. The lowest BCUT2D eigenvalue weighted by Crippen LogP contribution is -2.47. The van der Waals surface area contributed by atoms with Crippen LogP contribution in [0.1, 0.15) is 26.7 Å². The molecule has 0 bridgehead atoms. The van der Waals surface area contributed by atoms with Crippen LogP contribution in [-0.2, 0) is 19.1 Å². The monoisotopic (exact) mass is 243 g/mol. The molecule has 17 heavy (non-hydrogen) atoms. The van der Waals surface area contributed by atoms with Crippen LogP contribution >= 0.6 is 0 Å². The fourth-order valence-electron chi connectivity index (χ4n) is 1.81. The first kappa shape index (κ1) is 14.0. The minimum atomic E-state index is -0.557. The van der Waals surface area contributed by atoms with Crippen molar-refractivity contribution in [2.45, 2.75) is 32.7 Å². The second-order valence-electron chi connectivity index (χ2n) is 4.46. The SMILES string of the molecule is CC[C@@H](C)[C@H](NC(=O)[C@H]1CCOC1)C(=O)OC. The van der Waals surface area contributed by atoms with Crippen molar-refractivity contribution >= 4 is 11.9 Å². The van der Waals surface area contributed by atoms with Gasteiger partial charge in [0.2, 0.25) is 5.91 Å². The molecule has 0 radical (unpaired) electrons. The molecule has 0 aromatic rings. The molecule has 1 aliphatic rings. The lowest BCUT2D eigenvalue weighted by Gasteiger charge is -2.23. The van der Waals surface area contributed by atoms with Crippen molar-refractivity contribution in [3.05, 3.63) is 0 Å². The van der Waals surface area contributed by atoms with Gasteiger partial charge in [-0.25, -0.2) is 4.79 Å². The zero-order valence-corrected chi connectivity index (χ0v) is 10.7. The first-order valence-electron chi connectivity index (χ1n) is 6.06. The topological polar surface area (TPSA) is 64.6 Å². The van der Waals surface area contributed by atoms with E-state index in [0.29, 0.717) is 13.2 Å². The van der Waals surface area contributed by atoms with Crippen molar-refractivity contribution in [1.82, 2.24) is 5.32 Å². The molecule has 0 unspecified atom stereocenters. The van der Waals surface area contributed by atoms with E-state index in [0.717, 1.165) is 12.8 Å². The van der Waals surface area contributed by atoms with Gasteiger partial charge < -0.3 is 14.8 Å². The fraction of sp³-hybridized carbons (Fsp3) is 0.833. The summed E-state index contributed by atoms with van der Waals surface area (Å²) in [5.74, 6) is -0.565. The standard InChI is InChI=1S/C12H21NO4/c1-4-8(2)10(12(15)16-3)13-11(14)9-5-6-17-7-9/h8-10H,4-7H2,1-3H3,(H,13,14)/t8-,9+,10+/m1/s1. The zero-order valence-electron chi connectivity index (χ0n) is 10.7. The Morgan fingerprint density at radius 2 is 2.24 bits per heavy atom. The number of ether oxygens (including phenoxy) is 2. The third-order valence-electron chi connectivity index (χ3n) is 3.27. The maximum Gasteiger partial charge on any atom is 0.328 e. The van der Waals surface area contributed by atoms with Gasteiger partial charge in [0.25, 0.3) is 0 Å². The quantitative estimate of drug-likeness (QED) is 0.723. The van der Waals surface area contributed by atoms with Gasteiger partial charge in [-0.3, -0.25) is 4.79 Å². The first-order chi connectivity index (χ1) is 8.10. The van der Waals surface area contributed by atoms with Crippen molar-refractivity contribution in [3.8, 4) is 0 Å². The molecule has 1 aliphatic heterocycles. The number of carbonyl (C=O) groups excluding carboxylic acids is 2. The van der Waals surface area contributed by atoms with Gasteiger partial charge in [-0.05, 0) is 12.3 Å². The molecule has 5 heteroatoms. The molecule has 3 atom stereocenters. The Morgan fingerprint density at radius 3 is 2.71 bits per heavy atom. The van der Waals surface area contributed by atoms with E-state index in [2.05, 4.69) is 5.32 Å². The van der Waals surface area contributed by atoms with Gasteiger partial charge >= 0.3 is 5.97 Å². The van der Waals surface area contributed by atoms with Gasteiger partial charge in [0.15, 0.2) is 0 Å². The van der Waals surface area contributed by atoms with Gasteiger partial charge in [0.1, 0.15) is 6.04 Å². The van der Waals surface area contributed by atoms with Crippen LogP contribution in [0.15, 0.2) is 0 Å². The van der Waals surface area contributed by atoms with E-state index >= 15 is 0 Å². The number of methoxy groups -OCH3 is 1. The summed E-state index contributed by atoms with van der Waals surface area (Å²) in [5.41, 5.74) is 0. The van der Waals surface area contributed by atoms with Gasteiger partial charge in [0, 0.05) is 6.61 Å². The lowest BCUT2D eigenvalue weighted by atomic mass is 9.98. The largest absolute Gasteiger partial charge is 0.467 e. The van der Waals surface area contributed by atoms with Crippen LogP contribution in [0.5, 0.6) is 0 Å². The Hall–Kier alpha value is -1.10. The van der Waals surface area contributed by atoms with Gasteiger partial charge in [-0.2, -0.15) is 0 Å². The molecule has 1 saturated heterocycles. The van der Waals surface area contributed by atoms with Crippen molar-refractivity contribution in [2.75, 3.05) is 20.3 Å². The van der Waals surface area contributed by atoms with Crippen LogP contribution in [-0.4, -0.2) is 38.2 Å². The molecule has 0 aromatic carbocycles. The van der Waals surface area contributed by atoms with E-state index in [9.17, 15) is 9.59 Å². The first-order valence-corrected chi connectivity index (χ1v) is 6.06. The highest BCUT2D eigenvalue weighted by Gasteiger charge is 2.31. The van der Waals surface area contributed by atoms with Crippen LogP contribution in [0, 0.1) is 11.8 Å². The summed E-state index contributed by atoms with van der Waals surface area (Å²) in [6, 6.07) is -0.557. The molecule has 0 spiro atoms. The van der Waals surface area contributed by atoms with E-state index in [1.54, 1.807) is 0 Å². The van der Waals surface area contributed by atoms with E-state index in [1.165, 1.54) is 7.11 Å². The van der Waals surface area contributed by atoms with Crippen LogP contribution in [0.2, 0.25) is 0 Å². The maximum atomic E-state index is 11.9. The summed E-state index contributed by atoms with van der Waals surface area (Å²) in [7, 11) is 1.34. The van der Waals surface area contributed by atoms with Crippen molar-refractivity contribution in [1.29, 1.82) is 0 Å². The molecule has 5 nitrogen and oxygen atoms in total. The average molecular weight is 243 g/mol. The van der Waals surface area contributed by atoms with Crippen molar-refractivity contribution in [3.63, 3.8) is 0 Å². The highest BCUT2D eigenvalue weighted by Crippen LogP contribution is 2.15. The summed E-state index contributed by atoms with van der Waals surface area (Å²) in [6.07, 6.45) is 1.53. The maximum absolute atomic E-state index is 11.9. The minimum Gasteiger partial charge on any atom is -0.467 e. The Morgan fingerprint density at radius 1 is 1.53 bits per heavy atom. The molecule has 1 rings (SSSR count). The molecule has 0 saturated carbocycles. The number of hydrogen-bond donors (Lipinski definition) is 1. The molecule has 1 N–H and O–H groups in total. The number of hydrogen-bond acceptors (Lipinski definition) is 4. The number of carbonyl (C=O) groups is 2. The minimum absolute atomic E-state index is 0.0636. The zero-order chi connectivity index (χ0) is 12.8. The van der Waals surface area contributed by atoms with Gasteiger partial charge in [-0.15, -0.1) is 0 Å². The average Bonchev–Trinajstić information content (AvgIpc) is 2.87. The van der Waals surface area contributed by atoms with Crippen LogP contribution in [0.3, 0.4) is 0 Å². The van der Waals surface area contributed by atoms with Crippen LogP contribution < -0.4 is 5.32 Å². The van der Waals surface area contributed by atoms with E-state index in [1.807, 2.05) is 13.8 Å². The normalized spacial score (nSPS) is 22.9. The summed E-state index contributed by atoms with van der Waals surface area (Å²) in [4.78, 5) is 23.5. The Kier molecular flexibility index (Phi) is 5.41. The number of nitrogens with one attached hydrogen (secondary N) is 1. The highest BCUT2D eigenvalue weighted by atomic mass is 16.5. The smallest absolute Gasteiger partial charge is 0.328 e. The fourth-order valence-corrected chi connectivity index (χ4v) is 1.81. The summed E-state index contributed by atoms with van der Waals surface area (Å²) >= 11 is 0. The lowest BCUT2D eigenvalue weighted by molar-refractivity contribution is -0.147. The Balaban J connectivity index is 2.58. The summed E-state index contributed by atoms with van der Waals surface area (Å²) < 4.78 is 9.87. The van der Waals surface area contributed by atoms with Gasteiger partial charge in [0.05, 0.1) is 19.6 Å². The second-order valence-corrected chi connectivity index (χ2v) is 4.46. The highest BCUT2D eigenvalue weighted by molar-refractivity contribution is 5.86. The third-order valence-corrected chi connectivity index (χ3v) is 3.27. The predicted molar refractivity (Wildman–Crippen MR) is 62.3 cm³/mol. The molecule has 1 fully saturated rings. The number of esters is 1. The van der Waals surface area contributed by atoms with E-state index in [4.69, 9.17) is 9.47 Å². The molecule has 0 aromatic heterocycles. The summed E-state index contributed by atoms with van der Waals surface area (Å²) in [6.45, 7) is 4.96. The number of rotatable bonds is 5. The molecule has 98 valence electrons. The summed E-state index contributed by atoms with van der Waals surface area (Å²) in [5, 5.41) is 2.77. The van der Waals surface area contributed by atoms with E-state index < -0.39 is 6.04 Å². The predicted octanol–water partition coefficient (Wildman–Crippen LogP) is 0.727. The third kappa shape index (κ3) is 3.70. The molecular formula is C12H21NO4. The van der Waals surface area contributed by atoms with Crippen LogP contribution in [0.4, 0.5) is 0 Å². The van der Waals surface area contributed by atoms with Crippen molar-refractivity contribution < 1.29 is 19.1 Å². The van der Waals surface area contributed by atoms with Crippen molar-refractivity contribution in [2.24, 2.45) is 11.8 Å². The molecular weight excluding hydrogens is 222 g/mol. The molecule has 0 aliphatic carbocycles. The second kappa shape index (κ2) is 6.59. The van der Waals surface area contributed by atoms with Crippen LogP contribution in [0.25, 0.3) is 0 Å². The molecule has 1 amide bonds. The Labute approximate surface area is 102 Å².